The van der Waals surface area contributed by atoms with Crippen LogP contribution in [0.15, 0.2) is 36.5 Å². The summed E-state index contributed by atoms with van der Waals surface area (Å²) in [7, 11) is 3.86. The lowest BCUT2D eigenvalue weighted by molar-refractivity contribution is 0.104. The second kappa shape index (κ2) is 6.53. The van der Waals surface area contributed by atoms with E-state index in [0.717, 1.165) is 5.75 Å². The highest BCUT2D eigenvalue weighted by Crippen LogP contribution is 2.34. The molecule has 2 heterocycles. The minimum atomic E-state index is 0.0195. The van der Waals surface area contributed by atoms with Gasteiger partial charge in [0.1, 0.15) is 5.75 Å². The maximum Gasteiger partial charge on any atom is 0.187 e. The van der Waals surface area contributed by atoms with Crippen LogP contribution < -0.4 is 10.1 Å². The third-order valence-electron chi connectivity index (χ3n) is 5.04. The third-order valence-corrected chi connectivity index (χ3v) is 5.04. The van der Waals surface area contributed by atoms with Crippen molar-refractivity contribution in [3.05, 3.63) is 42.1 Å². The molecule has 0 radical (unpaired) electrons. The van der Waals surface area contributed by atoms with Crippen molar-refractivity contribution in [2.45, 2.75) is 43.8 Å². The number of ether oxygens (including phenoxy) is 1. The second-order valence-corrected chi connectivity index (χ2v) is 6.31. The van der Waals surface area contributed by atoms with Gasteiger partial charge in [0.05, 0.1) is 7.11 Å². The lowest BCUT2D eigenvalue weighted by atomic mass is 9.98. The van der Waals surface area contributed by atoms with Crippen LogP contribution in [0.3, 0.4) is 0 Å². The van der Waals surface area contributed by atoms with Crippen molar-refractivity contribution in [1.29, 1.82) is 0 Å². The quantitative estimate of drug-likeness (QED) is 0.670. The average molecular weight is 300 g/mol. The van der Waals surface area contributed by atoms with E-state index in [2.05, 4.69) is 17.3 Å². The summed E-state index contributed by atoms with van der Waals surface area (Å²) in [5.41, 5.74) is 0.683. The van der Waals surface area contributed by atoms with Crippen LogP contribution in [-0.4, -0.2) is 43.0 Å². The SMILES string of the molecule is COc1ccc(C(=O)/C=C/NC2C[C@@H]3CC[C@@H](C2)N3C)cc1. The number of hydrogen-bond donors (Lipinski definition) is 1. The Labute approximate surface area is 132 Å². The van der Waals surface area contributed by atoms with Gasteiger partial charge in [0.15, 0.2) is 5.78 Å². The Morgan fingerprint density at radius 1 is 1.23 bits per heavy atom. The molecule has 2 saturated heterocycles. The van der Waals surface area contributed by atoms with Crippen LogP contribution in [0.5, 0.6) is 5.75 Å². The number of rotatable bonds is 5. The summed E-state index contributed by atoms with van der Waals surface area (Å²) in [6.45, 7) is 0. The number of allylic oxidation sites excluding steroid dienone is 1. The molecule has 2 aliphatic rings. The van der Waals surface area contributed by atoms with Gasteiger partial charge >= 0.3 is 0 Å². The van der Waals surface area contributed by atoms with E-state index in [-0.39, 0.29) is 5.78 Å². The molecule has 2 aliphatic heterocycles. The summed E-state index contributed by atoms with van der Waals surface area (Å²) < 4.78 is 5.10. The molecular weight excluding hydrogens is 276 g/mol. The molecule has 2 atom stereocenters. The van der Waals surface area contributed by atoms with Crippen molar-refractivity contribution >= 4 is 5.78 Å². The average Bonchev–Trinajstić information content (AvgIpc) is 2.76. The van der Waals surface area contributed by atoms with E-state index in [9.17, 15) is 4.79 Å². The molecular formula is C18H24N2O2. The molecule has 0 unspecified atom stereocenters. The van der Waals surface area contributed by atoms with E-state index in [1.165, 1.54) is 25.7 Å². The standard InChI is InChI=1S/C18H24N2O2/c1-20-15-5-6-16(20)12-14(11-15)19-10-9-18(21)13-3-7-17(22-2)8-4-13/h3-4,7-10,14-16,19H,5-6,11-12H2,1-2H3/b10-9+/t15-,16-/m0/s1. The molecule has 0 aliphatic carbocycles. The predicted molar refractivity (Wildman–Crippen MR) is 87.2 cm³/mol. The Kier molecular flexibility index (Phi) is 4.48. The van der Waals surface area contributed by atoms with Crippen molar-refractivity contribution in [3.8, 4) is 5.75 Å². The summed E-state index contributed by atoms with van der Waals surface area (Å²) >= 11 is 0. The van der Waals surface area contributed by atoms with Crippen molar-refractivity contribution in [3.63, 3.8) is 0 Å². The minimum absolute atomic E-state index is 0.0195. The van der Waals surface area contributed by atoms with Crippen molar-refractivity contribution in [2.24, 2.45) is 0 Å². The van der Waals surface area contributed by atoms with Crippen molar-refractivity contribution in [2.75, 3.05) is 14.2 Å². The maximum absolute atomic E-state index is 12.1. The Balaban J connectivity index is 1.52. The van der Waals surface area contributed by atoms with Crippen LogP contribution in [0.1, 0.15) is 36.0 Å². The molecule has 1 aromatic rings. The molecule has 2 fully saturated rings. The van der Waals surface area contributed by atoms with Gasteiger partial charge in [-0.15, -0.1) is 0 Å². The van der Waals surface area contributed by atoms with Gasteiger partial charge in [-0.25, -0.2) is 0 Å². The Morgan fingerprint density at radius 2 is 1.86 bits per heavy atom. The number of nitrogens with one attached hydrogen (secondary N) is 1. The summed E-state index contributed by atoms with van der Waals surface area (Å²) in [5.74, 6) is 0.784. The number of benzene rings is 1. The van der Waals surface area contributed by atoms with E-state index in [1.54, 1.807) is 25.3 Å². The predicted octanol–water partition coefficient (Wildman–Crippen LogP) is 2.61. The smallest absolute Gasteiger partial charge is 0.187 e. The van der Waals surface area contributed by atoms with Crippen LogP contribution in [0.4, 0.5) is 0 Å². The molecule has 118 valence electrons. The topological polar surface area (TPSA) is 41.6 Å². The number of hydrogen-bond acceptors (Lipinski definition) is 4. The van der Waals surface area contributed by atoms with Crippen LogP contribution in [-0.2, 0) is 0 Å². The Morgan fingerprint density at radius 3 is 2.45 bits per heavy atom. The van der Waals surface area contributed by atoms with Crippen LogP contribution in [0.25, 0.3) is 0 Å². The molecule has 1 aromatic carbocycles. The number of ketones is 1. The number of piperidine rings is 1. The number of carbonyl (C=O) groups excluding carboxylic acids is 1. The largest absolute Gasteiger partial charge is 0.497 e. The highest BCUT2D eigenvalue weighted by atomic mass is 16.5. The monoisotopic (exact) mass is 300 g/mol. The highest BCUT2D eigenvalue weighted by molar-refractivity contribution is 6.04. The molecule has 0 spiro atoms. The van der Waals surface area contributed by atoms with E-state index in [4.69, 9.17) is 4.74 Å². The summed E-state index contributed by atoms with van der Waals surface area (Å²) in [6.07, 6.45) is 8.42. The van der Waals surface area contributed by atoms with Crippen LogP contribution in [0.2, 0.25) is 0 Å². The van der Waals surface area contributed by atoms with E-state index >= 15 is 0 Å². The normalized spacial score (nSPS) is 28.0. The first kappa shape index (κ1) is 15.1. The van der Waals surface area contributed by atoms with Gasteiger partial charge in [-0.1, -0.05) is 0 Å². The maximum atomic E-state index is 12.1. The molecule has 4 nitrogen and oxygen atoms in total. The zero-order chi connectivity index (χ0) is 15.5. The molecule has 0 amide bonds. The molecule has 3 rings (SSSR count). The zero-order valence-corrected chi connectivity index (χ0v) is 13.3. The van der Waals surface area contributed by atoms with Gasteiger partial charge in [-0.05, 0) is 57.0 Å². The third kappa shape index (κ3) is 3.17. The molecule has 1 N–H and O–H groups in total. The number of carbonyl (C=O) groups is 1. The Hall–Kier alpha value is -1.81. The van der Waals surface area contributed by atoms with Crippen LogP contribution in [0, 0.1) is 0 Å². The molecule has 0 aromatic heterocycles. The molecule has 4 heteroatoms. The fourth-order valence-electron chi connectivity index (χ4n) is 3.66. The van der Waals surface area contributed by atoms with Gasteiger partial charge in [0, 0.05) is 36.0 Å². The summed E-state index contributed by atoms with van der Waals surface area (Å²) in [5, 5.41) is 3.41. The van der Waals surface area contributed by atoms with Gasteiger partial charge in [-0.2, -0.15) is 0 Å². The zero-order valence-electron chi connectivity index (χ0n) is 13.3. The van der Waals surface area contributed by atoms with Gasteiger partial charge in [0.2, 0.25) is 0 Å². The minimum Gasteiger partial charge on any atom is -0.497 e. The molecule has 0 saturated carbocycles. The first-order chi connectivity index (χ1) is 10.7. The van der Waals surface area contributed by atoms with E-state index < -0.39 is 0 Å². The van der Waals surface area contributed by atoms with E-state index in [0.29, 0.717) is 23.7 Å². The van der Waals surface area contributed by atoms with Gasteiger partial charge < -0.3 is 15.0 Å². The number of fused-ring (bicyclic) bond motifs is 2. The summed E-state index contributed by atoms with van der Waals surface area (Å²) in [4.78, 5) is 14.6. The van der Waals surface area contributed by atoms with E-state index in [1.807, 2.05) is 18.3 Å². The van der Waals surface area contributed by atoms with Gasteiger partial charge in [-0.3, -0.25) is 4.79 Å². The fraction of sp³-hybridized carbons (Fsp3) is 0.500. The molecule has 2 bridgehead atoms. The number of nitrogens with zero attached hydrogens (tertiary/aromatic N) is 1. The molecule has 22 heavy (non-hydrogen) atoms. The lowest BCUT2D eigenvalue weighted by Crippen LogP contribution is -2.45. The fourth-order valence-corrected chi connectivity index (χ4v) is 3.66. The van der Waals surface area contributed by atoms with Gasteiger partial charge in [0.25, 0.3) is 0 Å². The second-order valence-electron chi connectivity index (χ2n) is 6.31. The first-order valence-electron chi connectivity index (χ1n) is 8.00. The first-order valence-corrected chi connectivity index (χ1v) is 8.00. The number of methoxy groups -OCH3 is 1. The summed E-state index contributed by atoms with van der Waals surface area (Å²) in [6, 6.07) is 9.12. The van der Waals surface area contributed by atoms with Crippen molar-refractivity contribution < 1.29 is 9.53 Å². The van der Waals surface area contributed by atoms with Crippen LogP contribution >= 0.6 is 0 Å². The highest BCUT2D eigenvalue weighted by Gasteiger charge is 2.37. The van der Waals surface area contributed by atoms with Crippen molar-refractivity contribution in [1.82, 2.24) is 10.2 Å². The Bertz CT molecular complexity index is 539. The lowest BCUT2D eigenvalue weighted by Gasteiger charge is -2.36.